The van der Waals surface area contributed by atoms with Gasteiger partial charge < -0.3 is 9.87 Å². The van der Waals surface area contributed by atoms with Gasteiger partial charge in [0.05, 0.1) is 0 Å². The zero-order chi connectivity index (χ0) is 7.56. The van der Waals surface area contributed by atoms with E-state index in [2.05, 4.69) is 12.2 Å². The summed E-state index contributed by atoms with van der Waals surface area (Å²) in [6.45, 7) is 2.07. The van der Waals surface area contributed by atoms with Gasteiger partial charge in [-0.25, -0.2) is 0 Å². The lowest BCUT2D eigenvalue weighted by Crippen LogP contribution is -2.39. The highest BCUT2D eigenvalue weighted by molar-refractivity contribution is 7.92. The van der Waals surface area contributed by atoms with Crippen LogP contribution in [0.4, 0.5) is 0 Å². The van der Waals surface area contributed by atoms with E-state index in [1.54, 1.807) is 0 Å². The Balaban J connectivity index is 2.33. The van der Waals surface area contributed by atoms with Crippen LogP contribution in [0.15, 0.2) is 0 Å². The fourth-order valence-electron chi connectivity index (χ4n) is 1.35. The molecule has 0 spiro atoms. The van der Waals surface area contributed by atoms with Crippen LogP contribution < -0.4 is 5.32 Å². The molecule has 0 aromatic carbocycles. The first-order valence-electron chi connectivity index (χ1n) is 3.78. The molecule has 1 fully saturated rings. The minimum atomic E-state index is -0.547. The van der Waals surface area contributed by atoms with E-state index in [1.807, 2.05) is 7.05 Å². The zero-order valence-electron chi connectivity index (χ0n) is 6.59. The number of nitrogens with one attached hydrogen (secondary N) is 1. The standard InChI is InChI=1S/C7H15NOS/c1-6-5-7(8-2)3-4-10(6)9/h6-8H,3-5H2,1-2H3. The summed E-state index contributed by atoms with van der Waals surface area (Å²) >= 11 is -0.547. The Bertz CT molecular complexity index is 110. The monoisotopic (exact) mass is 161 g/mol. The van der Waals surface area contributed by atoms with Crippen molar-refractivity contribution in [2.75, 3.05) is 12.8 Å². The predicted molar refractivity (Wildman–Crippen MR) is 44.6 cm³/mol. The van der Waals surface area contributed by atoms with E-state index >= 15 is 0 Å². The molecular formula is C7H15NOS. The Morgan fingerprint density at radius 1 is 1.60 bits per heavy atom. The first-order valence-corrected chi connectivity index (χ1v) is 5.16. The summed E-state index contributed by atoms with van der Waals surface area (Å²) in [5.74, 6) is 0.882. The van der Waals surface area contributed by atoms with Crippen molar-refractivity contribution in [3.05, 3.63) is 0 Å². The van der Waals surface area contributed by atoms with Gasteiger partial charge in [-0.2, -0.15) is 0 Å². The Hall–Kier alpha value is 0.270. The molecule has 1 heterocycles. The molecule has 0 bridgehead atoms. The molecule has 3 heteroatoms. The molecule has 0 aromatic heterocycles. The van der Waals surface area contributed by atoms with Gasteiger partial charge in [-0.3, -0.25) is 0 Å². The predicted octanol–water partition coefficient (Wildman–Crippen LogP) is 0.505. The summed E-state index contributed by atoms with van der Waals surface area (Å²) in [5.41, 5.74) is 0. The van der Waals surface area contributed by atoms with Crippen molar-refractivity contribution < 1.29 is 4.55 Å². The Morgan fingerprint density at radius 2 is 2.30 bits per heavy atom. The summed E-state index contributed by atoms with van der Waals surface area (Å²) in [4.78, 5) is 0. The third-order valence-electron chi connectivity index (χ3n) is 2.14. The van der Waals surface area contributed by atoms with E-state index in [0.29, 0.717) is 11.3 Å². The summed E-state index contributed by atoms with van der Waals surface area (Å²) < 4.78 is 11.1. The van der Waals surface area contributed by atoms with Crippen molar-refractivity contribution in [1.29, 1.82) is 0 Å². The molecule has 0 saturated carbocycles. The van der Waals surface area contributed by atoms with Crippen molar-refractivity contribution in [2.45, 2.75) is 31.1 Å². The van der Waals surface area contributed by atoms with Crippen molar-refractivity contribution >= 4 is 11.2 Å². The van der Waals surface area contributed by atoms with E-state index in [0.717, 1.165) is 18.6 Å². The van der Waals surface area contributed by atoms with Crippen molar-refractivity contribution in [3.63, 3.8) is 0 Å². The molecule has 60 valence electrons. The largest absolute Gasteiger partial charge is 0.616 e. The van der Waals surface area contributed by atoms with Crippen LogP contribution in [0, 0.1) is 0 Å². The van der Waals surface area contributed by atoms with Crippen molar-refractivity contribution in [2.24, 2.45) is 0 Å². The van der Waals surface area contributed by atoms with Crippen molar-refractivity contribution in [1.82, 2.24) is 5.32 Å². The molecule has 1 N–H and O–H groups in total. The summed E-state index contributed by atoms with van der Waals surface area (Å²) in [5, 5.41) is 3.62. The Kier molecular flexibility index (Phi) is 3.01. The maximum Gasteiger partial charge on any atom is 0.114 e. The molecule has 0 aliphatic carbocycles. The third kappa shape index (κ3) is 1.87. The lowest BCUT2D eigenvalue weighted by Gasteiger charge is -2.28. The molecular weight excluding hydrogens is 146 g/mol. The van der Waals surface area contributed by atoms with E-state index < -0.39 is 11.2 Å². The normalized spacial score (nSPS) is 41.7. The molecule has 3 unspecified atom stereocenters. The van der Waals surface area contributed by atoms with Crippen LogP contribution in [0.1, 0.15) is 19.8 Å². The molecule has 1 rings (SSSR count). The van der Waals surface area contributed by atoms with E-state index in [4.69, 9.17) is 0 Å². The molecule has 1 saturated heterocycles. The molecule has 0 radical (unpaired) electrons. The zero-order valence-corrected chi connectivity index (χ0v) is 7.41. The van der Waals surface area contributed by atoms with Gasteiger partial charge in [-0.15, -0.1) is 0 Å². The second-order valence-electron chi connectivity index (χ2n) is 2.91. The smallest absolute Gasteiger partial charge is 0.114 e. The van der Waals surface area contributed by atoms with Crippen LogP contribution in [0.5, 0.6) is 0 Å². The van der Waals surface area contributed by atoms with Gasteiger partial charge in [0.2, 0.25) is 0 Å². The van der Waals surface area contributed by atoms with Gasteiger partial charge in [0.15, 0.2) is 0 Å². The van der Waals surface area contributed by atoms with E-state index in [9.17, 15) is 4.55 Å². The van der Waals surface area contributed by atoms with Crippen LogP contribution >= 0.6 is 0 Å². The van der Waals surface area contributed by atoms with Gasteiger partial charge >= 0.3 is 0 Å². The molecule has 1 aliphatic rings. The van der Waals surface area contributed by atoms with Gasteiger partial charge in [-0.1, -0.05) is 11.2 Å². The lowest BCUT2D eigenvalue weighted by atomic mass is 10.1. The maximum atomic E-state index is 11.1. The lowest BCUT2D eigenvalue weighted by molar-refractivity contribution is 0.465. The highest BCUT2D eigenvalue weighted by atomic mass is 32.2. The maximum absolute atomic E-state index is 11.1. The highest BCUT2D eigenvalue weighted by Gasteiger charge is 2.27. The molecule has 0 aromatic rings. The average molecular weight is 161 g/mol. The van der Waals surface area contributed by atoms with Crippen LogP contribution in [0.25, 0.3) is 0 Å². The van der Waals surface area contributed by atoms with Crippen LogP contribution in [-0.2, 0) is 11.2 Å². The second-order valence-corrected chi connectivity index (χ2v) is 4.88. The van der Waals surface area contributed by atoms with Crippen molar-refractivity contribution in [3.8, 4) is 0 Å². The first kappa shape index (κ1) is 8.37. The molecule has 0 amide bonds. The molecule has 10 heavy (non-hydrogen) atoms. The number of hydrogen-bond acceptors (Lipinski definition) is 2. The number of rotatable bonds is 1. The van der Waals surface area contributed by atoms with E-state index in [1.165, 1.54) is 0 Å². The van der Waals surface area contributed by atoms with Crippen LogP contribution in [-0.4, -0.2) is 28.6 Å². The Labute approximate surface area is 65.6 Å². The van der Waals surface area contributed by atoms with E-state index in [-0.39, 0.29) is 0 Å². The van der Waals surface area contributed by atoms with Crippen LogP contribution in [0.3, 0.4) is 0 Å². The Morgan fingerprint density at radius 3 is 2.80 bits per heavy atom. The average Bonchev–Trinajstić information content (AvgIpc) is 1.95. The fourth-order valence-corrected chi connectivity index (χ4v) is 2.71. The molecule has 1 aliphatic heterocycles. The second kappa shape index (κ2) is 3.60. The van der Waals surface area contributed by atoms with Gasteiger partial charge in [-0.05, 0) is 14.0 Å². The summed E-state index contributed by atoms with van der Waals surface area (Å²) in [6, 6.07) is 0.604. The topological polar surface area (TPSA) is 35.1 Å². The highest BCUT2D eigenvalue weighted by Crippen LogP contribution is 2.18. The van der Waals surface area contributed by atoms with Gasteiger partial charge in [0.1, 0.15) is 11.0 Å². The first-order chi connectivity index (χ1) is 4.74. The fraction of sp³-hybridized carbons (Fsp3) is 1.00. The van der Waals surface area contributed by atoms with Gasteiger partial charge in [0, 0.05) is 18.9 Å². The molecule has 2 nitrogen and oxygen atoms in total. The minimum Gasteiger partial charge on any atom is -0.616 e. The minimum absolute atomic E-state index is 0.395. The summed E-state index contributed by atoms with van der Waals surface area (Å²) in [7, 11) is 1.98. The molecule has 3 atom stereocenters. The SMILES string of the molecule is CNC1CC[S+]([O-])C(C)C1. The van der Waals surface area contributed by atoms with Gasteiger partial charge in [0.25, 0.3) is 0 Å². The number of hydrogen-bond donors (Lipinski definition) is 1. The van der Waals surface area contributed by atoms with Crippen LogP contribution in [0.2, 0.25) is 0 Å². The quantitative estimate of drug-likeness (QED) is 0.569. The third-order valence-corrected chi connectivity index (χ3v) is 3.87. The summed E-state index contributed by atoms with van der Waals surface area (Å²) in [6.07, 6.45) is 2.15.